The first-order chi connectivity index (χ1) is 13.3. The van der Waals surface area contributed by atoms with Crippen LogP contribution in [0, 0.1) is 0 Å². The van der Waals surface area contributed by atoms with Crippen molar-refractivity contribution in [2.24, 2.45) is 0 Å². The molecule has 4 heteroatoms. The average Bonchev–Trinajstić information content (AvgIpc) is 3.23. The Kier molecular flexibility index (Phi) is 5.85. The lowest BCUT2D eigenvalue weighted by Crippen LogP contribution is -2.53. The smallest absolute Gasteiger partial charge is 0.227 e. The van der Waals surface area contributed by atoms with Gasteiger partial charge in [-0.1, -0.05) is 54.6 Å². The number of hydrogen-bond acceptors (Lipinski definition) is 3. The van der Waals surface area contributed by atoms with E-state index in [0.29, 0.717) is 26.2 Å². The number of carbonyl (C=O) groups excluding carboxylic acids is 1. The maximum absolute atomic E-state index is 13.0. The first-order valence-corrected chi connectivity index (χ1v) is 10.0. The molecule has 0 spiro atoms. The number of amides is 1. The third-order valence-electron chi connectivity index (χ3n) is 5.63. The number of carbonyl (C=O) groups is 1. The molecule has 0 radical (unpaired) electrons. The second kappa shape index (κ2) is 8.68. The van der Waals surface area contributed by atoms with E-state index in [-0.39, 0.29) is 11.9 Å². The lowest BCUT2D eigenvalue weighted by molar-refractivity contribution is -0.139. The summed E-state index contributed by atoms with van der Waals surface area (Å²) in [6.45, 7) is 5.27. The summed E-state index contributed by atoms with van der Waals surface area (Å²) in [4.78, 5) is 17.5. The van der Waals surface area contributed by atoms with Crippen LogP contribution >= 0.6 is 0 Å². The molecule has 1 unspecified atom stereocenters. The number of nitrogens with zero attached hydrogens (tertiary/aromatic N) is 2. The Bertz CT molecular complexity index is 739. The van der Waals surface area contributed by atoms with Crippen molar-refractivity contribution in [1.29, 1.82) is 0 Å². The van der Waals surface area contributed by atoms with Gasteiger partial charge in [0.2, 0.25) is 5.91 Å². The SMILES string of the molecule is O=C(Cc1ccc(-c2ccccc2)cc1)N1CCOCC1CN1CCCC1. The van der Waals surface area contributed by atoms with Crippen LogP contribution in [0.3, 0.4) is 0 Å². The lowest BCUT2D eigenvalue weighted by atomic mass is 10.0. The van der Waals surface area contributed by atoms with Gasteiger partial charge in [-0.15, -0.1) is 0 Å². The van der Waals surface area contributed by atoms with E-state index in [9.17, 15) is 4.79 Å². The van der Waals surface area contributed by atoms with E-state index >= 15 is 0 Å². The molecule has 142 valence electrons. The van der Waals surface area contributed by atoms with Gasteiger partial charge in [-0.3, -0.25) is 4.79 Å². The molecular formula is C23H28N2O2. The Balaban J connectivity index is 1.39. The van der Waals surface area contributed by atoms with Gasteiger partial charge in [-0.2, -0.15) is 0 Å². The van der Waals surface area contributed by atoms with Gasteiger partial charge in [0, 0.05) is 13.1 Å². The van der Waals surface area contributed by atoms with E-state index in [1.165, 1.54) is 24.0 Å². The van der Waals surface area contributed by atoms with E-state index < -0.39 is 0 Å². The molecule has 0 N–H and O–H groups in total. The van der Waals surface area contributed by atoms with Crippen molar-refractivity contribution in [1.82, 2.24) is 9.80 Å². The number of benzene rings is 2. The van der Waals surface area contributed by atoms with Crippen molar-refractivity contribution < 1.29 is 9.53 Å². The van der Waals surface area contributed by atoms with Gasteiger partial charge >= 0.3 is 0 Å². The third kappa shape index (κ3) is 4.57. The molecule has 2 aliphatic rings. The Morgan fingerprint density at radius 2 is 1.63 bits per heavy atom. The lowest BCUT2D eigenvalue weighted by Gasteiger charge is -2.37. The standard InChI is InChI=1S/C23H28N2O2/c26-23(25-14-15-27-18-22(25)17-24-12-4-5-13-24)16-19-8-10-21(11-9-19)20-6-2-1-3-7-20/h1-3,6-11,22H,4-5,12-18H2. The molecule has 1 atom stereocenters. The van der Waals surface area contributed by atoms with E-state index in [4.69, 9.17) is 4.74 Å². The molecule has 4 nitrogen and oxygen atoms in total. The molecule has 2 saturated heterocycles. The topological polar surface area (TPSA) is 32.8 Å². The van der Waals surface area contributed by atoms with Gasteiger partial charge in [0.25, 0.3) is 0 Å². The van der Waals surface area contributed by atoms with Crippen LogP contribution in [-0.4, -0.2) is 61.1 Å². The van der Waals surface area contributed by atoms with E-state index in [1.54, 1.807) is 0 Å². The monoisotopic (exact) mass is 364 g/mol. The van der Waals surface area contributed by atoms with Gasteiger partial charge in [-0.05, 0) is 42.6 Å². The highest BCUT2D eigenvalue weighted by Crippen LogP contribution is 2.20. The third-order valence-corrected chi connectivity index (χ3v) is 5.63. The van der Waals surface area contributed by atoms with Crippen LogP contribution in [0.4, 0.5) is 0 Å². The minimum Gasteiger partial charge on any atom is -0.377 e. The van der Waals surface area contributed by atoms with Crippen LogP contribution in [0.2, 0.25) is 0 Å². The Morgan fingerprint density at radius 1 is 0.926 bits per heavy atom. The van der Waals surface area contributed by atoms with E-state index in [0.717, 1.165) is 25.2 Å². The van der Waals surface area contributed by atoms with E-state index in [1.807, 2.05) is 23.1 Å². The van der Waals surface area contributed by atoms with Gasteiger partial charge in [0.1, 0.15) is 0 Å². The van der Waals surface area contributed by atoms with Crippen LogP contribution in [0.1, 0.15) is 18.4 Å². The zero-order valence-corrected chi connectivity index (χ0v) is 15.8. The van der Waals surface area contributed by atoms with Gasteiger partial charge < -0.3 is 14.5 Å². The fourth-order valence-corrected chi connectivity index (χ4v) is 4.12. The summed E-state index contributed by atoms with van der Waals surface area (Å²) in [5.41, 5.74) is 3.46. The first kappa shape index (κ1) is 18.2. The molecule has 4 rings (SSSR count). The van der Waals surface area contributed by atoms with Gasteiger partial charge in [0.05, 0.1) is 25.7 Å². The molecule has 2 aliphatic heterocycles. The highest BCUT2D eigenvalue weighted by Gasteiger charge is 2.29. The maximum atomic E-state index is 13.0. The molecule has 2 aromatic carbocycles. The number of morpholine rings is 1. The Hall–Kier alpha value is -2.17. The summed E-state index contributed by atoms with van der Waals surface area (Å²) in [5.74, 6) is 0.218. The summed E-state index contributed by atoms with van der Waals surface area (Å²) in [6, 6.07) is 18.9. The highest BCUT2D eigenvalue weighted by molar-refractivity contribution is 5.79. The number of rotatable bonds is 5. The minimum atomic E-state index is 0.188. The van der Waals surface area contributed by atoms with Crippen LogP contribution in [-0.2, 0) is 16.0 Å². The highest BCUT2D eigenvalue weighted by atomic mass is 16.5. The zero-order valence-electron chi connectivity index (χ0n) is 15.8. The van der Waals surface area contributed by atoms with Crippen LogP contribution in [0.15, 0.2) is 54.6 Å². The summed E-state index contributed by atoms with van der Waals surface area (Å²) in [6.07, 6.45) is 3.01. The Labute approximate surface area is 161 Å². The molecule has 0 aliphatic carbocycles. The van der Waals surface area contributed by atoms with Gasteiger partial charge in [-0.25, -0.2) is 0 Å². The fraction of sp³-hybridized carbons (Fsp3) is 0.435. The van der Waals surface area contributed by atoms with Crippen molar-refractivity contribution in [2.75, 3.05) is 39.4 Å². The number of ether oxygens (including phenoxy) is 1. The number of hydrogen-bond donors (Lipinski definition) is 0. The molecular weight excluding hydrogens is 336 g/mol. The Morgan fingerprint density at radius 3 is 2.37 bits per heavy atom. The van der Waals surface area contributed by atoms with Crippen molar-refractivity contribution in [3.05, 3.63) is 60.2 Å². The fourth-order valence-electron chi connectivity index (χ4n) is 4.12. The second-order valence-corrected chi connectivity index (χ2v) is 7.56. The zero-order chi connectivity index (χ0) is 18.5. The summed E-state index contributed by atoms with van der Waals surface area (Å²) in [5, 5.41) is 0. The predicted octanol–water partition coefficient (Wildman–Crippen LogP) is 3.22. The average molecular weight is 364 g/mol. The van der Waals surface area contributed by atoms with Crippen molar-refractivity contribution in [3.63, 3.8) is 0 Å². The van der Waals surface area contributed by atoms with E-state index in [2.05, 4.69) is 41.3 Å². The first-order valence-electron chi connectivity index (χ1n) is 10.0. The van der Waals surface area contributed by atoms with Crippen molar-refractivity contribution >= 4 is 5.91 Å². The molecule has 1 amide bonds. The molecule has 0 aromatic heterocycles. The molecule has 0 bridgehead atoms. The minimum absolute atomic E-state index is 0.188. The van der Waals surface area contributed by atoms with Crippen molar-refractivity contribution in [2.45, 2.75) is 25.3 Å². The quantitative estimate of drug-likeness (QED) is 0.817. The summed E-state index contributed by atoms with van der Waals surface area (Å²) < 4.78 is 5.67. The molecule has 2 heterocycles. The van der Waals surface area contributed by atoms with Crippen LogP contribution < -0.4 is 0 Å². The number of likely N-dealkylation sites (tertiary alicyclic amines) is 1. The normalized spacial score (nSPS) is 20.7. The molecule has 27 heavy (non-hydrogen) atoms. The second-order valence-electron chi connectivity index (χ2n) is 7.56. The van der Waals surface area contributed by atoms with Crippen LogP contribution in [0.25, 0.3) is 11.1 Å². The van der Waals surface area contributed by atoms with Crippen LogP contribution in [0.5, 0.6) is 0 Å². The predicted molar refractivity (Wildman–Crippen MR) is 108 cm³/mol. The summed E-state index contributed by atoms with van der Waals surface area (Å²) in [7, 11) is 0. The molecule has 0 saturated carbocycles. The molecule has 2 aromatic rings. The largest absolute Gasteiger partial charge is 0.377 e. The van der Waals surface area contributed by atoms with Crippen molar-refractivity contribution in [3.8, 4) is 11.1 Å². The molecule has 2 fully saturated rings. The maximum Gasteiger partial charge on any atom is 0.227 e. The summed E-state index contributed by atoms with van der Waals surface area (Å²) >= 11 is 0. The van der Waals surface area contributed by atoms with Gasteiger partial charge in [0.15, 0.2) is 0 Å².